The molecule has 2 heterocycles. The highest BCUT2D eigenvalue weighted by atomic mass is 16.6. The Hall–Kier alpha value is -1.99. The summed E-state index contributed by atoms with van der Waals surface area (Å²) in [6.07, 6.45) is 0.553. The lowest BCUT2D eigenvalue weighted by molar-refractivity contribution is -0.0489. The maximum atomic E-state index is 11.6. The predicted molar refractivity (Wildman–Crippen MR) is 96.6 cm³/mol. The van der Waals surface area contributed by atoms with E-state index in [9.17, 15) is 9.90 Å². The zero-order valence-electron chi connectivity index (χ0n) is 15.7. The number of ether oxygens (including phenoxy) is 3. The molecule has 1 aromatic rings. The van der Waals surface area contributed by atoms with Gasteiger partial charge in [0.25, 0.3) is 0 Å². The molecule has 1 aromatic carbocycles. The first-order valence-corrected chi connectivity index (χ1v) is 9.03. The van der Waals surface area contributed by atoms with Crippen LogP contribution in [0.3, 0.4) is 0 Å². The first kappa shape index (κ1) is 18.8. The van der Waals surface area contributed by atoms with Gasteiger partial charge in [-0.3, -0.25) is 0 Å². The van der Waals surface area contributed by atoms with Gasteiger partial charge in [0.2, 0.25) is 0 Å². The van der Waals surface area contributed by atoms with E-state index in [1.807, 2.05) is 38.1 Å². The van der Waals surface area contributed by atoms with Gasteiger partial charge in [-0.05, 0) is 26.0 Å². The van der Waals surface area contributed by atoms with E-state index in [2.05, 4.69) is 10.2 Å². The number of hydrogen-bond acceptors (Lipinski definition) is 6. The number of β-amino-alcohol motifs (C(OH)–C–C–N with tert-alkyl or cyclic N) is 1. The number of methoxy groups -OCH3 is 1. The molecule has 0 bridgehead atoms. The summed E-state index contributed by atoms with van der Waals surface area (Å²) in [4.78, 5) is 13.8. The number of aliphatic hydroxyl groups excluding tert-OH is 1. The van der Waals surface area contributed by atoms with Gasteiger partial charge >= 0.3 is 6.09 Å². The van der Waals surface area contributed by atoms with Crippen LogP contribution in [0.2, 0.25) is 0 Å². The number of likely N-dealkylation sites (tertiary alicyclic amines) is 1. The van der Waals surface area contributed by atoms with Crippen LogP contribution in [0.5, 0.6) is 11.5 Å². The smallest absolute Gasteiger partial charge is 0.408 e. The highest BCUT2D eigenvalue weighted by Crippen LogP contribution is 2.40. The van der Waals surface area contributed by atoms with Crippen LogP contribution in [-0.4, -0.2) is 66.7 Å². The number of alkyl carbamates (subject to hydrolysis) is 1. The molecule has 2 aliphatic rings. The van der Waals surface area contributed by atoms with Crippen LogP contribution < -0.4 is 14.8 Å². The van der Waals surface area contributed by atoms with Gasteiger partial charge in [0.05, 0.1) is 12.6 Å². The van der Waals surface area contributed by atoms with E-state index in [0.717, 1.165) is 25.9 Å². The normalized spacial score (nSPS) is 22.5. The number of nitrogens with zero attached hydrogens (tertiary/aromatic N) is 1. The quantitative estimate of drug-likeness (QED) is 0.801. The second-order valence-corrected chi connectivity index (χ2v) is 7.55. The van der Waals surface area contributed by atoms with Gasteiger partial charge in [0.15, 0.2) is 11.5 Å². The number of aliphatic hydroxyl groups is 1. The molecule has 2 fully saturated rings. The first-order valence-electron chi connectivity index (χ1n) is 9.03. The Morgan fingerprint density at radius 1 is 1.27 bits per heavy atom. The summed E-state index contributed by atoms with van der Waals surface area (Å²) in [5, 5.41) is 13.2. The second-order valence-electron chi connectivity index (χ2n) is 7.55. The van der Waals surface area contributed by atoms with Crippen molar-refractivity contribution in [2.45, 2.75) is 43.9 Å². The fraction of sp³-hybridized carbons (Fsp3) is 0.632. The number of rotatable bonds is 6. The summed E-state index contributed by atoms with van der Waals surface area (Å²) in [6, 6.07) is 7.38. The third-order valence-corrected chi connectivity index (χ3v) is 5.47. The topological polar surface area (TPSA) is 80.3 Å². The number of hydrogen-bond donors (Lipinski definition) is 2. The van der Waals surface area contributed by atoms with Gasteiger partial charge in [-0.15, -0.1) is 0 Å². The van der Waals surface area contributed by atoms with Crippen molar-refractivity contribution in [3.63, 3.8) is 0 Å². The highest BCUT2D eigenvalue weighted by molar-refractivity contribution is 5.72. The molecule has 2 saturated heterocycles. The summed E-state index contributed by atoms with van der Waals surface area (Å²) < 4.78 is 16.5. The molecule has 144 valence electrons. The number of carbonyl (C=O) groups excluding carboxylic acids is 1. The van der Waals surface area contributed by atoms with Gasteiger partial charge in [-0.25, -0.2) is 4.79 Å². The molecular formula is C19H28N2O5. The van der Waals surface area contributed by atoms with Crippen molar-refractivity contribution in [1.82, 2.24) is 10.2 Å². The van der Waals surface area contributed by atoms with Crippen LogP contribution in [0, 0.1) is 0 Å². The Morgan fingerprint density at radius 2 is 1.92 bits per heavy atom. The molecule has 3 rings (SSSR count). The van der Waals surface area contributed by atoms with Crippen molar-refractivity contribution >= 4 is 6.09 Å². The summed E-state index contributed by atoms with van der Waals surface area (Å²) in [6.45, 7) is 6.26. The summed E-state index contributed by atoms with van der Waals surface area (Å²) in [5.74, 6) is 1.27. The SMILES string of the molecule is COc1ccccc1OCC(O)CN1CCC2(CC1)OC(=O)NC2(C)C. The Bertz CT molecular complexity index is 641. The van der Waals surface area contributed by atoms with Crippen LogP contribution in [0.4, 0.5) is 4.79 Å². The third kappa shape index (κ3) is 3.73. The first-order chi connectivity index (χ1) is 12.4. The van der Waals surface area contributed by atoms with E-state index in [1.165, 1.54) is 0 Å². The summed E-state index contributed by atoms with van der Waals surface area (Å²) in [7, 11) is 1.59. The number of benzene rings is 1. The number of piperidine rings is 1. The van der Waals surface area contributed by atoms with Crippen molar-refractivity contribution in [2.75, 3.05) is 33.4 Å². The van der Waals surface area contributed by atoms with Crippen molar-refractivity contribution in [1.29, 1.82) is 0 Å². The van der Waals surface area contributed by atoms with Gasteiger partial charge < -0.3 is 29.5 Å². The number of nitrogens with one attached hydrogen (secondary N) is 1. The minimum Gasteiger partial charge on any atom is -0.493 e. The third-order valence-electron chi connectivity index (χ3n) is 5.47. The largest absolute Gasteiger partial charge is 0.493 e. The minimum atomic E-state index is -0.605. The molecule has 2 aliphatic heterocycles. The van der Waals surface area contributed by atoms with Crippen molar-refractivity contribution in [3.05, 3.63) is 24.3 Å². The molecule has 7 heteroatoms. The molecule has 2 N–H and O–H groups in total. The van der Waals surface area contributed by atoms with Crippen LogP contribution in [0.1, 0.15) is 26.7 Å². The fourth-order valence-corrected chi connectivity index (χ4v) is 3.80. The van der Waals surface area contributed by atoms with E-state index in [1.54, 1.807) is 7.11 Å². The van der Waals surface area contributed by atoms with Gasteiger partial charge in [0.1, 0.15) is 18.3 Å². The molecule has 1 unspecified atom stereocenters. The highest BCUT2D eigenvalue weighted by Gasteiger charge is 2.55. The number of para-hydroxylation sites is 2. The molecular weight excluding hydrogens is 336 g/mol. The van der Waals surface area contributed by atoms with Gasteiger partial charge in [0, 0.05) is 32.5 Å². The van der Waals surface area contributed by atoms with Crippen LogP contribution >= 0.6 is 0 Å². The lowest BCUT2D eigenvalue weighted by atomic mass is 9.76. The van der Waals surface area contributed by atoms with E-state index in [4.69, 9.17) is 14.2 Å². The molecule has 26 heavy (non-hydrogen) atoms. The molecule has 0 aromatic heterocycles. The van der Waals surface area contributed by atoms with E-state index in [-0.39, 0.29) is 18.2 Å². The molecule has 0 radical (unpaired) electrons. The molecule has 0 saturated carbocycles. The zero-order valence-corrected chi connectivity index (χ0v) is 15.7. The summed E-state index contributed by atoms with van der Waals surface area (Å²) >= 11 is 0. The van der Waals surface area contributed by atoms with E-state index >= 15 is 0 Å². The molecule has 1 spiro atoms. The number of carbonyl (C=O) groups is 1. The van der Waals surface area contributed by atoms with Gasteiger partial charge in [-0.2, -0.15) is 0 Å². The Morgan fingerprint density at radius 3 is 2.50 bits per heavy atom. The maximum Gasteiger partial charge on any atom is 0.408 e. The monoisotopic (exact) mass is 364 g/mol. The Labute approximate surface area is 154 Å². The van der Waals surface area contributed by atoms with Crippen molar-refractivity contribution < 1.29 is 24.1 Å². The summed E-state index contributed by atoms with van der Waals surface area (Å²) in [5.41, 5.74) is -0.832. The van der Waals surface area contributed by atoms with Crippen LogP contribution in [-0.2, 0) is 4.74 Å². The van der Waals surface area contributed by atoms with Crippen LogP contribution in [0.25, 0.3) is 0 Å². The molecule has 7 nitrogen and oxygen atoms in total. The minimum absolute atomic E-state index is 0.198. The Balaban J connectivity index is 1.48. The predicted octanol–water partition coefficient (Wildman–Crippen LogP) is 1.79. The second kappa shape index (κ2) is 7.32. The van der Waals surface area contributed by atoms with Crippen molar-refractivity contribution in [3.8, 4) is 11.5 Å². The van der Waals surface area contributed by atoms with Crippen LogP contribution in [0.15, 0.2) is 24.3 Å². The molecule has 1 amide bonds. The van der Waals surface area contributed by atoms with Crippen molar-refractivity contribution in [2.24, 2.45) is 0 Å². The Kier molecular flexibility index (Phi) is 5.29. The number of amides is 1. The molecule has 1 atom stereocenters. The molecule has 0 aliphatic carbocycles. The average molecular weight is 364 g/mol. The fourth-order valence-electron chi connectivity index (χ4n) is 3.80. The lowest BCUT2D eigenvalue weighted by Gasteiger charge is -2.44. The zero-order chi connectivity index (χ0) is 18.8. The van der Waals surface area contributed by atoms with Gasteiger partial charge in [-0.1, -0.05) is 12.1 Å². The average Bonchev–Trinajstić information content (AvgIpc) is 2.83. The lowest BCUT2D eigenvalue weighted by Crippen LogP contribution is -2.58. The van der Waals surface area contributed by atoms with E-state index < -0.39 is 11.7 Å². The van der Waals surface area contributed by atoms with E-state index in [0.29, 0.717) is 18.0 Å². The maximum absolute atomic E-state index is 11.6. The standard InChI is InChI=1S/C19H28N2O5/c1-18(2)19(26-17(23)20-18)8-10-21(11-9-19)12-14(22)13-25-16-7-5-4-6-15(16)24-3/h4-7,14,22H,8-13H2,1-3H3,(H,20,23).